The number of ether oxygens (including phenoxy) is 1. The molecule has 0 aliphatic rings. The summed E-state index contributed by atoms with van der Waals surface area (Å²) < 4.78 is 7.00. The minimum absolute atomic E-state index is 0. The Morgan fingerprint density at radius 3 is 2.65 bits per heavy atom. The molecule has 0 bridgehead atoms. The zero-order valence-electron chi connectivity index (χ0n) is 16.1. The standard InChI is InChI=1S/C18H28N6O.HI/c1-6-19-18(22-14(3)12-25-5)21-11-16-7-8-17(20-10-16)24-15(4)9-13(2)23-24;/h7-10,14H,6,11-12H2,1-5H3,(H2,19,21,22);1H. The highest BCUT2D eigenvalue weighted by Crippen LogP contribution is 2.10. The van der Waals surface area contributed by atoms with Crippen molar-refractivity contribution in [3.8, 4) is 5.82 Å². The second-order valence-electron chi connectivity index (χ2n) is 6.06. The van der Waals surface area contributed by atoms with Gasteiger partial charge in [-0.05, 0) is 45.4 Å². The molecule has 26 heavy (non-hydrogen) atoms. The predicted molar refractivity (Wildman–Crippen MR) is 116 cm³/mol. The van der Waals surface area contributed by atoms with Crippen molar-refractivity contribution in [3.63, 3.8) is 0 Å². The van der Waals surface area contributed by atoms with Crippen molar-refractivity contribution < 1.29 is 4.74 Å². The summed E-state index contributed by atoms with van der Waals surface area (Å²) in [6.07, 6.45) is 1.84. The lowest BCUT2D eigenvalue weighted by atomic mass is 10.3. The van der Waals surface area contributed by atoms with E-state index in [4.69, 9.17) is 4.74 Å². The second-order valence-corrected chi connectivity index (χ2v) is 6.06. The molecule has 0 aliphatic heterocycles. The Labute approximate surface area is 172 Å². The van der Waals surface area contributed by atoms with Crippen LogP contribution in [-0.4, -0.2) is 47.0 Å². The lowest BCUT2D eigenvalue weighted by Gasteiger charge is -2.17. The Morgan fingerprint density at radius 2 is 2.12 bits per heavy atom. The van der Waals surface area contributed by atoms with Gasteiger partial charge in [-0.2, -0.15) is 5.10 Å². The van der Waals surface area contributed by atoms with Crippen LogP contribution in [0.1, 0.15) is 30.8 Å². The first-order chi connectivity index (χ1) is 12.0. The molecular weight excluding hydrogens is 443 g/mol. The molecule has 0 spiro atoms. The predicted octanol–water partition coefficient (Wildman–Crippen LogP) is 2.59. The molecule has 0 saturated heterocycles. The lowest BCUT2D eigenvalue weighted by Crippen LogP contribution is -2.43. The van der Waals surface area contributed by atoms with E-state index in [0.29, 0.717) is 13.2 Å². The van der Waals surface area contributed by atoms with Crippen LogP contribution in [0, 0.1) is 13.8 Å². The summed E-state index contributed by atoms with van der Waals surface area (Å²) in [5.41, 5.74) is 3.10. The highest BCUT2D eigenvalue weighted by molar-refractivity contribution is 14.0. The van der Waals surface area contributed by atoms with Gasteiger partial charge >= 0.3 is 0 Å². The molecule has 0 fully saturated rings. The molecule has 2 aromatic rings. The third-order valence-corrected chi connectivity index (χ3v) is 3.60. The SMILES string of the molecule is CCNC(=NCc1ccc(-n2nc(C)cc2C)nc1)NC(C)COC.I. The maximum atomic E-state index is 5.15. The molecule has 1 atom stereocenters. The highest BCUT2D eigenvalue weighted by atomic mass is 127. The van der Waals surface area contributed by atoms with Gasteiger partial charge in [-0.25, -0.2) is 14.7 Å². The van der Waals surface area contributed by atoms with E-state index in [1.165, 1.54) is 0 Å². The Kier molecular flexibility index (Phi) is 9.57. The molecule has 1 unspecified atom stereocenters. The van der Waals surface area contributed by atoms with E-state index in [2.05, 4.69) is 32.6 Å². The molecular formula is C18H29IN6O. The Balaban J connectivity index is 0.00000338. The molecule has 2 aromatic heterocycles. The molecule has 2 heterocycles. The molecule has 2 rings (SSSR count). The van der Waals surface area contributed by atoms with E-state index in [1.807, 2.05) is 49.8 Å². The van der Waals surface area contributed by atoms with E-state index < -0.39 is 0 Å². The quantitative estimate of drug-likeness (QED) is 0.368. The molecule has 0 amide bonds. The van der Waals surface area contributed by atoms with Crippen molar-refractivity contribution in [1.82, 2.24) is 25.4 Å². The van der Waals surface area contributed by atoms with Crippen LogP contribution in [0.5, 0.6) is 0 Å². The van der Waals surface area contributed by atoms with Crippen LogP contribution >= 0.6 is 24.0 Å². The fourth-order valence-electron chi connectivity index (χ4n) is 2.51. The molecule has 0 aromatic carbocycles. The Bertz CT molecular complexity index is 698. The van der Waals surface area contributed by atoms with Gasteiger partial charge in [0, 0.05) is 31.6 Å². The van der Waals surface area contributed by atoms with E-state index >= 15 is 0 Å². The number of pyridine rings is 1. The Hall–Kier alpha value is -1.68. The van der Waals surface area contributed by atoms with Gasteiger partial charge in [-0.15, -0.1) is 24.0 Å². The van der Waals surface area contributed by atoms with Crippen LogP contribution in [0.25, 0.3) is 5.82 Å². The number of nitrogens with one attached hydrogen (secondary N) is 2. The fourth-order valence-corrected chi connectivity index (χ4v) is 2.51. The minimum atomic E-state index is 0. The largest absolute Gasteiger partial charge is 0.383 e. The summed E-state index contributed by atoms with van der Waals surface area (Å²) in [7, 11) is 1.69. The van der Waals surface area contributed by atoms with Crippen molar-refractivity contribution in [2.24, 2.45) is 4.99 Å². The number of aryl methyl sites for hydroxylation is 2. The zero-order valence-corrected chi connectivity index (χ0v) is 18.4. The molecule has 0 radical (unpaired) electrons. The summed E-state index contributed by atoms with van der Waals surface area (Å²) in [6.45, 7) is 10.1. The third-order valence-electron chi connectivity index (χ3n) is 3.60. The third kappa shape index (κ3) is 6.56. The summed E-state index contributed by atoms with van der Waals surface area (Å²) in [5.74, 6) is 1.59. The van der Waals surface area contributed by atoms with Crippen LogP contribution < -0.4 is 10.6 Å². The van der Waals surface area contributed by atoms with E-state index in [9.17, 15) is 0 Å². The number of halogens is 1. The van der Waals surface area contributed by atoms with Crippen LogP contribution in [0.15, 0.2) is 29.4 Å². The van der Waals surface area contributed by atoms with Crippen molar-refractivity contribution >= 4 is 29.9 Å². The molecule has 7 nitrogen and oxygen atoms in total. The monoisotopic (exact) mass is 472 g/mol. The first-order valence-corrected chi connectivity index (χ1v) is 8.55. The van der Waals surface area contributed by atoms with Crippen LogP contribution in [0.3, 0.4) is 0 Å². The van der Waals surface area contributed by atoms with Gasteiger partial charge in [-0.1, -0.05) is 6.07 Å². The summed E-state index contributed by atoms with van der Waals surface area (Å²) in [6, 6.07) is 6.23. The minimum Gasteiger partial charge on any atom is -0.383 e. The molecule has 144 valence electrons. The molecule has 0 saturated carbocycles. The summed E-state index contributed by atoms with van der Waals surface area (Å²) in [5, 5.41) is 11.0. The van der Waals surface area contributed by atoms with Crippen LogP contribution in [0.4, 0.5) is 0 Å². The number of hydrogen-bond donors (Lipinski definition) is 2. The number of rotatable bonds is 7. The number of aliphatic imine (C=N–C) groups is 1. The van der Waals surface area contributed by atoms with E-state index in [0.717, 1.165) is 35.3 Å². The van der Waals surface area contributed by atoms with Gasteiger partial charge < -0.3 is 15.4 Å². The number of nitrogens with zero attached hydrogens (tertiary/aromatic N) is 4. The first-order valence-electron chi connectivity index (χ1n) is 8.55. The number of aromatic nitrogens is 3. The van der Waals surface area contributed by atoms with Crippen LogP contribution in [-0.2, 0) is 11.3 Å². The maximum Gasteiger partial charge on any atom is 0.191 e. The second kappa shape index (κ2) is 11.1. The van der Waals surface area contributed by atoms with Crippen molar-refractivity contribution in [2.45, 2.75) is 40.3 Å². The molecule has 2 N–H and O–H groups in total. The average Bonchev–Trinajstić information content (AvgIpc) is 2.92. The average molecular weight is 472 g/mol. The van der Waals surface area contributed by atoms with E-state index in [-0.39, 0.29) is 30.0 Å². The summed E-state index contributed by atoms with van der Waals surface area (Å²) >= 11 is 0. The smallest absolute Gasteiger partial charge is 0.191 e. The van der Waals surface area contributed by atoms with Gasteiger partial charge in [0.05, 0.1) is 18.8 Å². The van der Waals surface area contributed by atoms with Crippen LogP contribution in [0.2, 0.25) is 0 Å². The lowest BCUT2D eigenvalue weighted by molar-refractivity contribution is 0.179. The zero-order chi connectivity index (χ0) is 18.2. The summed E-state index contributed by atoms with van der Waals surface area (Å²) in [4.78, 5) is 9.11. The maximum absolute atomic E-state index is 5.15. The van der Waals surface area contributed by atoms with Crippen molar-refractivity contribution in [3.05, 3.63) is 41.3 Å². The fraction of sp³-hybridized carbons (Fsp3) is 0.500. The Morgan fingerprint density at radius 1 is 1.35 bits per heavy atom. The highest BCUT2D eigenvalue weighted by Gasteiger charge is 2.06. The first kappa shape index (κ1) is 22.4. The van der Waals surface area contributed by atoms with Gasteiger partial charge in [0.1, 0.15) is 0 Å². The normalized spacial score (nSPS) is 12.4. The van der Waals surface area contributed by atoms with Gasteiger partial charge in [-0.3, -0.25) is 0 Å². The van der Waals surface area contributed by atoms with Gasteiger partial charge in [0.15, 0.2) is 11.8 Å². The number of hydrogen-bond acceptors (Lipinski definition) is 4. The van der Waals surface area contributed by atoms with Crippen molar-refractivity contribution in [2.75, 3.05) is 20.3 Å². The molecule has 0 aliphatic carbocycles. The topological polar surface area (TPSA) is 76.4 Å². The van der Waals surface area contributed by atoms with E-state index in [1.54, 1.807) is 7.11 Å². The number of guanidine groups is 1. The molecule has 8 heteroatoms. The number of methoxy groups -OCH3 is 1. The van der Waals surface area contributed by atoms with Gasteiger partial charge in [0.25, 0.3) is 0 Å². The van der Waals surface area contributed by atoms with Gasteiger partial charge in [0.2, 0.25) is 0 Å². The van der Waals surface area contributed by atoms with Crippen molar-refractivity contribution in [1.29, 1.82) is 0 Å².